The van der Waals surface area contributed by atoms with E-state index in [1.54, 1.807) is 12.5 Å². The van der Waals surface area contributed by atoms with Gasteiger partial charge in [0.05, 0.1) is 11.9 Å². The van der Waals surface area contributed by atoms with Crippen molar-refractivity contribution >= 4 is 5.91 Å². The van der Waals surface area contributed by atoms with Crippen molar-refractivity contribution in [3.05, 3.63) is 78.4 Å². The van der Waals surface area contributed by atoms with Gasteiger partial charge < -0.3 is 20.3 Å². The largest absolute Gasteiger partial charge is 0.387 e. The van der Waals surface area contributed by atoms with Crippen LogP contribution in [0, 0.1) is 0 Å². The Labute approximate surface area is 164 Å². The van der Waals surface area contributed by atoms with Crippen molar-refractivity contribution in [2.75, 3.05) is 19.6 Å². The van der Waals surface area contributed by atoms with E-state index in [0.29, 0.717) is 18.5 Å². The Morgan fingerprint density at radius 1 is 1.14 bits per heavy atom. The smallest absolute Gasteiger partial charge is 0.251 e. The van der Waals surface area contributed by atoms with Gasteiger partial charge in [0.15, 0.2) is 0 Å². The van der Waals surface area contributed by atoms with Crippen LogP contribution in [0.3, 0.4) is 0 Å². The first-order chi connectivity index (χ1) is 13.6. The van der Waals surface area contributed by atoms with E-state index in [1.807, 2.05) is 35.0 Å². The molecule has 0 spiro atoms. The maximum absolute atomic E-state index is 12.3. The van der Waals surface area contributed by atoms with E-state index in [9.17, 15) is 9.90 Å². The number of β-amino-alcohol motifs (C(OH)–C–C–N with tert-alkyl or cyclic N) is 1. The van der Waals surface area contributed by atoms with Gasteiger partial charge >= 0.3 is 0 Å². The lowest BCUT2D eigenvalue weighted by Crippen LogP contribution is -2.44. The Morgan fingerprint density at radius 3 is 2.46 bits per heavy atom. The number of aliphatic hydroxyl groups is 1. The number of amides is 1. The molecular weight excluding hydrogens is 352 g/mol. The fraction of sp³-hybridized carbons (Fsp3) is 0.273. The average Bonchev–Trinajstić information content (AvgIpc) is 3.39. The molecule has 1 amide bonds. The highest BCUT2D eigenvalue weighted by molar-refractivity contribution is 5.94. The Bertz CT molecular complexity index is 912. The fourth-order valence-electron chi connectivity index (χ4n) is 3.44. The Kier molecular flexibility index (Phi) is 5.23. The Hall–Kier alpha value is -2.96. The van der Waals surface area contributed by atoms with Gasteiger partial charge in [-0.2, -0.15) is 0 Å². The summed E-state index contributed by atoms with van der Waals surface area (Å²) in [6, 6.07) is 15.9. The summed E-state index contributed by atoms with van der Waals surface area (Å²) in [7, 11) is 0. The summed E-state index contributed by atoms with van der Waals surface area (Å²) in [6.45, 7) is 2.35. The number of hydrogen-bond donors (Lipinski definition) is 3. The molecular formula is C22H24N4O2. The second-order valence-corrected chi connectivity index (χ2v) is 7.34. The van der Waals surface area contributed by atoms with Crippen LogP contribution in [0.4, 0.5) is 0 Å². The third-order valence-corrected chi connectivity index (χ3v) is 5.16. The Morgan fingerprint density at radius 2 is 1.86 bits per heavy atom. The topological polar surface area (TPSA) is 79.2 Å². The molecule has 0 bridgehead atoms. The molecule has 1 aliphatic heterocycles. The quantitative estimate of drug-likeness (QED) is 0.615. The molecule has 0 saturated carbocycles. The monoisotopic (exact) mass is 376 g/mol. The standard InChI is InChI=1S/C22H24N4O2/c27-21(25-15-22(28)9-10-23-14-22)20-7-5-19(6-8-20)18-3-1-17(2-4-18)13-26-12-11-24-16-26/h1-8,11-12,16,23,28H,9-10,13-15H2,(H,25,27). The highest BCUT2D eigenvalue weighted by Crippen LogP contribution is 2.21. The van der Waals surface area contributed by atoms with Crippen molar-refractivity contribution in [3.63, 3.8) is 0 Å². The van der Waals surface area contributed by atoms with Gasteiger partial charge in [-0.1, -0.05) is 36.4 Å². The molecule has 2 aromatic carbocycles. The van der Waals surface area contributed by atoms with Gasteiger partial charge in [-0.3, -0.25) is 4.79 Å². The van der Waals surface area contributed by atoms with E-state index in [1.165, 1.54) is 5.56 Å². The van der Waals surface area contributed by atoms with Crippen LogP contribution in [0.25, 0.3) is 11.1 Å². The number of nitrogens with one attached hydrogen (secondary N) is 2. The van der Waals surface area contributed by atoms with Gasteiger partial charge in [-0.15, -0.1) is 0 Å². The molecule has 0 aliphatic carbocycles. The highest BCUT2D eigenvalue weighted by atomic mass is 16.3. The molecule has 1 fully saturated rings. The van der Waals surface area contributed by atoms with Crippen molar-refractivity contribution in [3.8, 4) is 11.1 Å². The molecule has 2 heterocycles. The molecule has 1 aliphatic rings. The first-order valence-electron chi connectivity index (χ1n) is 9.48. The summed E-state index contributed by atoms with van der Waals surface area (Å²) in [4.78, 5) is 16.4. The van der Waals surface area contributed by atoms with E-state index in [0.717, 1.165) is 24.2 Å². The first-order valence-corrected chi connectivity index (χ1v) is 9.48. The maximum atomic E-state index is 12.3. The van der Waals surface area contributed by atoms with Crippen LogP contribution < -0.4 is 10.6 Å². The summed E-state index contributed by atoms with van der Waals surface area (Å²) in [5, 5.41) is 16.2. The summed E-state index contributed by atoms with van der Waals surface area (Å²) in [5.74, 6) is -0.164. The number of hydrogen-bond acceptors (Lipinski definition) is 4. The molecule has 3 aromatic rings. The average molecular weight is 376 g/mol. The van der Waals surface area contributed by atoms with Crippen LogP contribution in [-0.2, 0) is 6.54 Å². The summed E-state index contributed by atoms with van der Waals surface area (Å²) >= 11 is 0. The SMILES string of the molecule is O=C(NCC1(O)CCNC1)c1ccc(-c2ccc(Cn3ccnc3)cc2)cc1. The van der Waals surface area contributed by atoms with E-state index in [2.05, 4.69) is 39.9 Å². The predicted molar refractivity (Wildman–Crippen MR) is 108 cm³/mol. The number of nitrogens with zero attached hydrogens (tertiary/aromatic N) is 2. The third-order valence-electron chi connectivity index (χ3n) is 5.16. The molecule has 3 N–H and O–H groups in total. The molecule has 1 atom stereocenters. The minimum Gasteiger partial charge on any atom is -0.387 e. The highest BCUT2D eigenvalue weighted by Gasteiger charge is 2.31. The molecule has 1 saturated heterocycles. The van der Waals surface area contributed by atoms with Gasteiger partial charge in [-0.05, 0) is 41.8 Å². The second-order valence-electron chi connectivity index (χ2n) is 7.34. The van der Waals surface area contributed by atoms with Gasteiger partial charge in [-0.25, -0.2) is 4.98 Å². The lowest BCUT2D eigenvalue weighted by molar-refractivity contribution is 0.0562. The molecule has 0 radical (unpaired) electrons. The van der Waals surface area contributed by atoms with Gasteiger partial charge in [0.25, 0.3) is 5.91 Å². The van der Waals surface area contributed by atoms with Crippen LogP contribution in [0.15, 0.2) is 67.3 Å². The maximum Gasteiger partial charge on any atom is 0.251 e. The summed E-state index contributed by atoms with van der Waals surface area (Å²) in [6.07, 6.45) is 6.18. The van der Waals surface area contributed by atoms with E-state index >= 15 is 0 Å². The lowest BCUT2D eigenvalue weighted by atomic mass is 10.0. The first kappa shape index (κ1) is 18.4. The minimum atomic E-state index is -0.839. The summed E-state index contributed by atoms with van der Waals surface area (Å²) < 4.78 is 2.03. The number of rotatable bonds is 6. The lowest BCUT2D eigenvalue weighted by Gasteiger charge is -2.21. The molecule has 28 heavy (non-hydrogen) atoms. The van der Waals surface area contributed by atoms with Gasteiger partial charge in [0.1, 0.15) is 0 Å². The molecule has 1 aromatic heterocycles. The number of imidazole rings is 1. The van der Waals surface area contributed by atoms with Gasteiger partial charge in [0, 0.05) is 37.6 Å². The normalized spacial score (nSPS) is 18.9. The fourth-order valence-corrected chi connectivity index (χ4v) is 3.44. The van der Waals surface area contributed by atoms with Gasteiger partial charge in [0.2, 0.25) is 0 Å². The molecule has 6 nitrogen and oxygen atoms in total. The van der Waals surface area contributed by atoms with Crippen molar-refractivity contribution in [2.24, 2.45) is 0 Å². The second kappa shape index (κ2) is 7.96. The number of carbonyl (C=O) groups is 1. The van der Waals surface area contributed by atoms with E-state index in [4.69, 9.17) is 0 Å². The molecule has 144 valence electrons. The van der Waals surface area contributed by atoms with Crippen LogP contribution in [0.1, 0.15) is 22.3 Å². The number of aromatic nitrogens is 2. The van der Waals surface area contributed by atoms with E-state index < -0.39 is 5.60 Å². The predicted octanol–water partition coefficient (Wildman–Crippen LogP) is 2.05. The zero-order chi connectivity index (χ0) is 19.4. The summed E-state index contributed by atoms with van der Waals surface area (Å²) in [5.41, 5.74) is 3.12. The zero-order valence-electron chi connectivity index (χ0n) is 15.6. The Balaban J connectivity index is 1.37. The van der Waals surface area contributed by atoms with E-state index in [-0.39, 0.29) is 12.5 Å². The zero-order valence-corrected chi connectivity index (χ0v) is 15.6. The third kappa shape index (κ3) is 4.30. The van der Waals surface area contributed by atoms with Crippen molar-refractivity contribution in [2.45, 2.75) is 18.6 Å². The van der Waals surface area contributed by atoms with Crippen molar-refractivity contribution in [1.82, 2.24) is 20.2 Å². The van der Waals surface area contributed by atoms with Crippen LogP contribution in [-0.4, -0.2) is 45.8 Å². The van der Waals surface area contributed by atoms with Crippen LogP contribution in [0.2, 0.25) is 0 Å². The number of carbonyl (C=O) groups excluding carboxylic acids is 1. The minimum absolute atomic E-state index is 0.164. The molecule has 1 unspecified atom stereocenters. The van der Waals surface area contributed by atoms with Crippen molar-refractivity contribution in [1.29, 1.82) is 0 Å². The number of benzene rings is 2. The van der Waals surface area contributed by atoms with Crippen LogP contribution in [0.5, 0.6) is 0 Å². The molecule has 4 rings (SSSR count). The van der Waals surface area contributed by atoms with Crippen molar-refractivity contribution < 1.29 is 9.90 Å². The molecule has 6 heteroatoms. The van der Waals surface area contributed by atoms with Crippen LogP contribution >= 0.6 is 0 Å².